The molecule has 0 saturated carbocycles. The summed E-state index contributed by atoms with van der Waals surface area (Å²) in [6.07, 6.45) is 1.88. The Kier molecular flexibility index (Phi) is 6.58. The Bertz CT molecular complexity index is 680. The van der Waals surface area contributed by atoms with E-state index < -0.39 is 0 Å². The number of hydrogen-bond donors (Lipinski definition) is 1. The summed E-state index contributed by atoms with van der Waals surface area (Å²) in [4.78, 5) is 14.4. The minimum atomic E-state index is -0.0798. The van der Waals surface area contributed by atoms with Crippen molar-refractivity contribution in [2.24, 2.45) is 0 Å². The van der Waals surface area contributed by atoms with E-state index in [9.17, 15) is 4.79 Å². The third-order valence-corrected chi connectivity index (χ3v) is 3.70. The normalized spacial score (nSPS) is 10.5. The molecule has 0 aromatic heterocycles. The van der Waals surface area contributed by atoms with E-state index in [1.807, 2.05) is 61.7 Å². The van der Waals surface area contributed by atoms with Crippen molar-refractivity contribution in [1.29, 1.82) is 0 Å². The van der Waals surface area contributed by atoms with E-state index in [4.69, 9.17) is 4.74 Å². The molecule has 0 unspecified atom stereocenters. The minimum Gasteiger partial charge on any atom is -0.497 e. The SMILES string of the molecule is C=CCN(C)Cc1ccc(C(=O)NCc2cccc(OC)c2)cc1. The maximum Gasteiger partial charge on any atom is 0.251 e. The van der Waals surface area contributed by atoms with Gasteiger partial charge in [0.1, 0.15) is 5.75 Å². The topological polar surface area (TPSA) is 41.6 Å². The van der Waals surface area contributed by atoms with E-state index in [1.165, 1.54) is 5.56 Å². The highest BCUT2D eigenvalue weighted by Gasteiger charge is 2.06. The fourth-order valence-corrected chi connectivity index (χ4v) is 2.42. The summed E-state index contributed by atoms with van der Waals surface area (Å²) >= 11 is 0. The molecule has 2 rings (SSSR count). The number of carbonyl (C=O) groups excluding carboxylic acids is 1. The number of carbonyl (C=O) groups is 1. The highest BCUT2D eigenvalue weighted by Crippen LogP contribution is 2.12. The molecule has 24 heavy (non-hydrogen) atoms. The first-order valence-electron chi connectivity index (χ1n) is 7.92. The van der Waals surface area contributed by atoms with Gasteiger partial charge in [0.15, 0.2) is 0 Å². The predicted octanol–water partition coefficient (Wildman–Crippen LogP) is 3.24. The number of benzene rings is 2. The van der Waals surface area contributed by atoms with Crippen LogP contribution in [0.1, 0.15) is 21.5 Å². The van der Waals surface area contributed by atoms with Gasteiger partial charge >= 0.3 is 0 Å². The maximum absolute atomic E-state index is 12.2. The molecule has 0 atom stereocenters. The van der Waals surface area contributed by atoms with Gasteiger partial charge in [0.25, 0.3) is 5.91 Å². The van der Waals surface area contributed by atoms with Crippen molar-refractivity contribution < 1.29 is 9.53 Å². The van der Waals surface area contributed by atoms with E-state index in [-0.39, 0.29) is 5.91 Å². The Labute approximate surface area is 143 Å². The lowest BCUT2D eigenvalue weighted by molar-refractivity contribution is 0.0951. The summed E-state index contributed by atoms with van der Waals surface area (Å²) in [5, 5.41) is 2.93. The highest BCUT2D eigenvalue weighted by molar-refractivity contribution is 5.94. The number of ether oxygens (including phenoxy) is 1. The van der Waals surface area contributed by atoms with Crippen molar-refractivity contribution in [3.05, 3.63) is 77.9 Å². The third kappa shape index (κ3) is 5.25. The summed E-state index contributed by atoms with van der Waals surface area (Å²) in [5.74, 6) is 0.707. The van der Waals surface area contributed by atoms with Gasteiger partial charge in [0.2, 0.25) is 0 Å². The van der Waals surface area contributed by atoms with E-state index in [1.54, 1.807) is 7.11 Å². The van der Waals surface area contributed by atoms with Crippen LogP contribution in [0.25, 0.3) is 0 Å². The Morgan fingerprint density at radius 3 is 2.62 bits per heavy atom. The largest absolute Gasteiger partial charge is 0.497 e. The molecule has 0 aliphatic heterocycles. The molecule has 0 fully saturated rings. The number of hydrogen-bond acceptors (Lipinski definition) is 3. The molecule has 4 nitrogen and oxygen atoms in total. The molecular formula is C20H24N2O2. The van der Waals surface area contributed by atoms with Crippen LogP contribution in [0.5, 0.6) is 5.75 Å². The minimum absolute atomic E-state index is 0.0798. The molecule has 2 aromatic rings. The number of amides is 1. The molecule has 4 heteroatoms. The van der Waals surface area contributed by atoms with Gasteiger partial charge < -0.3 is 10.1 Å². The zero-order valence-electron chi connectivity index (χ0n) is 14.3. The number of rotatable bonds is 8. The summed E-state index contributed by atoms with van der Waals surface area (Å²) < 4.78 is 5.19. The Hall–Kier alpha value is -2.59. The van der Waals surface area contributed by atoms with Crippen molar-refractivity contribution in [2.45, 2.75) is 13.1 Å². The number of likely N-dealkylation sites (N-methyl/N-ethyl adjacent to an activating group) is 1. The van der Waals surface area contributed by atoms with Crippen LogP contribution in [-0.4, -0.2) is 31.5 Å². The molecule has 0 radical (unpaired) electrons. The molecule has 1 N–H and O–H groups in total. The fourth-order valence-electron chi connectivity index (χ4n) is 2.42. The Balaban J connectivity index is 1.91. The standard InChI is InChI=1S/C20H24N2O2/c1-4-12-22(2)15-16-8-10-18(11-9-16)20(23)21-14-17-6-5-7-19(13-17)24-3/h4-11,13H,1,12,14-15H2,2-3H3,(H,21,23). The van der Waals surface area contributed by atoms with Crippen molar-refractivity contribution in [1.82, 2.24) is 10.2 Å². The molecular weight excluding hydrogens is 300 g/mol. The van der Waals surface area contributed by atoms with Gasteiger partial charge in [0.05, 0.1) is 7.11 Å². The molecule has 0 bridgehead atoms. The molecule has 0 aliphatic carbocycles. The van der Waals surface area contributed by atoms with Gasteiger partial charge in [-0.05, 0) is 42.4 Å². The second kappa shape index (κ2) is 8.89. The van der Waals surface area contributed by atoms with Gasteiger partial charge in [-0.2, -0.15) is 0 Å². The van der Waals surface area contributed by atoms with Crippen molar-refractivity contribution in [3.8, 4) is 5.75 Å². The first-order chi connectivity index (χ1) is 11.6. The van der Waals surface area contributed by atoms with Crippen LogP contribution in [0.15, 0.2) is 61.2 Å². The van der Waals surface area contributed by atoms with E-state index in [0.29, 0.717) is 12.1 Å². The molecule has 0 heterocycles. The molecule has 1 amide bonds. The second-order valence-electron chi connectivity index (χ2n) is 5.72. The Morgan fingerprint density at radius 2 is 1.96 bits per heavy atom. The quantitative estimate of drug-likeness (QED) is 0.758. The first-order valence-corrected chi connectivity index (χ1v) is 7.92. The summed E-state index contributed by atoms with van der Waals surface area (Å²) in [7, 11) is 3.67. The smallest absolute Gasteiger partial charge is 0.251 e. The van der Waals surface area contributed by atoms with Gasteiger partial charge in [-0.25, -0.2) is 0 Å². The van der Waals surface area contributed by atoms with Crippen LogP contribution in [-0.2, 0) is 13.1 Å². The van der Waals surface area contributed by atoms with Crippen LogP contribution in [0.2, 0.25) is 0 Å². The van der Waals surface area contributed by atoms with Crippen LogP contribution in [0.3, 0.4) is 0 Å². The van der Waals surface area contributed by atoms with Gasteiger partial charge in [-0.3, -0.25) is 9.69 Å². The van der Waals surface area contributed by atoms with Crippen LogP contribution >= 0.6 is 0 Å². The van der Waals surface area contributed by atoms with Crippen molar-refractivity contribution in [3.63, 3.8) is 0 Å². The van der Waals surface area contributed by atoms with Crippen molar-refractivity contribution in [2.75, 3.05) is 20.7 Å². The molecule has 126 valence electrons. The van der Waals surface area contributed by atoms with Gasteiger partial charge in [-0.15, -0.1) is 6.58 Å². The van der Waals surface area contributed by atoms with E-state index >= 15 is 0 Å². The zero-order chi connectivity index (χ0) is 17.4. The van der Waals surface area contributed by atoms with Crippen molar-refractivity contribution >= 4 is 5.91 Å². The highest BCUT2D eigenvalue weighted by atomic mass is 16.5. The average Bonchev–Trinajstić information content (AvgIpc) is 2.60. The molecule has 0 spiro atoms. The Morgan fingerprint density at radius 1 is 1.21 bits per heavy atom. The zero-order valence-corrected chi connectivity index (χ0v) is 14.3. The second-order valence-corrected chi connectivity index (χ2v) is 5.72. The predicted molar refractivity (Wildman–Crippen MR) is 97.1 cm³/mol. The molecule has 0 saturated heterocycles. The summed E-state index contributed by atoms with van der Waals surface area (Å²) in [6.45, 7) is 5.87. The van der Waals surface area contributed by atoms with Gasteiger partial charge in [-0.1, -0.05) is 30.3 Å². The average molecular weight is 324 g/mol. The van der Waals surface area contributed by atoms with Crippen LogP contribution in [0.4, 0.5) is 0 Å². The summed E-state index contributed by atoms with van der Waals surface area (Å²) in [5.41, 5.74) is 2.84. The monoisotopic (exact) mass is 324 g/mol. The summed E-state index contributed by atoms with van der Waals surface area (Å²) in [6, 6.07) is 15.4. The lowest BCUT2D eigenvalue weighted by Gasteiger charge is -2.14. The van der Waals surface area contributed by atoms with Crippen LogP contribution in [0, 0.1) is 0 Å². The lowest BCUT2D eigenvalue weighted by Crippen LogP contribution is -2.23. The maximum atomic E-state index is 12.2. The number of nitrogens with zero attached hydrogens (tertiary/aromatic N) is 1. The molecule has 0 aliphatic rings. The third-order valence-electron chi connectivity index (χ3n) is 3.70. The van der Waals surface area contributed by atoms with E-state index in [2.05, 4.69) is 16.8 Å². The van der Waals surface area contributed by atoms with Crippen LogP contribution < -0.4 is 10.1 Å². The first kappa shape index (κ1) is 17.8. The molecule has 2 aromatic carbocycles. The lowest BCUT2D eigenvalue weighted by atomic mass is 10.1. The fraction of sp³-hybridized carbons (Fsp3) is 0.250. The number of methoxy groups -OCH3 is 1. The number of nitrogens with one attached hydrogen (secondary N) is 1. The van der Waals surface area contributed by atoms with Gasteiger partial charge in [0, 0.05) is 25.2 Å². The van der Waals surface area contributed by atoms with E-state index in [0.717, 1.165) is 24.4 Å².